The lowest BCUT2D eigenvalue weighted by atomic mass is 9.83. The summed E-state index contributed by atoms with van der Waals surface area (Å²) in [5.41, 5.74) is 5.68. The van der Waals surface area contributed by atoms with Crippen LogP contribution in [0.5, 0.6) is 0 Å². The monoisotopic (exact) mass is 303 g/mol. The van der Waals surface area contributed by atoms with Crippen LogP contribution >= 0.6 is 11.6 Å². The number of hydrogen-bond donors (Lipinski definition) is 0. The van der Waals surface area contributed by atoms with Gasteiger partial charge in [0.2, 0.25) is 0 Å². The molecular weight excluding hydrogens is 278 g/mol. The zero-order valence-corrected chi connectivity index (χ0v) is 13.8. The molecule has 1 fully saturated rings. The molecule has 0 amide bonds. The number of alkyl halides is 1. The summed E-state index contributed by atoms with van der Waals surface area (Å²) >= 11 is 6.24. The van der Waals surface area contributed by atoms with Crippen LogP contribution in [0.4, 0.5) is 5.69 Å². The van der Waals surface area contributed by atoms with Crippen LogP contribution in [0, 0.1) is 5.92 Å². The maximum Gasteiger partial charge on any atom is 0.0439 e. The molecule has 0 spiro atoms. The summed E-state index contributed by atoms with van der Waals surface area (Å²) in [4.78, 5) is 2.37. The number of anilines is 1. The molecule has 2 heteroatoms. The van der Waals surface area contributed by atoms with Gasteiger partial charge in [0.25, 0.3) is 0 Å². The van der Waals surface area contributed by atoms with Gasteiger partial charge in [0.15, 0.2) is 0 Å². The summed E-state index contributed by atoms with van der Waals surface area (Å²) in [5.74, 6) is 1.40. The lowest BCUT2D eigenvalue weighted by Gasteiger charge is -2.28. The van der Waals surface area contributed by atoms with Gasteiger partial charge in [-0.15, -0.1) is 11.6 Å². The Morgan fingerprint density at radius 1 is 1.24 bits per heavy atom. The Kier molecular flexibility index (Phi) is 4.90. The van der Waals surface area contributed by atoms with Crippen molar-refractivity contribution in [1.29, 1.82) is 0 Å². The summed E-state index contributed by atoms with van der Waals surface area (Å²) < 4.78 is 0. The van der Waals surface area contributed by atoms with Gasteiger partial charge in [0.05, 0.1) is 0 Å². The highest BCUT2D eigenvalue weighted by atomic mass is 35.5. The number of nitrogens with zero attached hydrogens (tertiary/aromatic N) is 1. The maximum atomic E-state index is 6.24. The van der Waals surface area contributed by atoms with E-state index >= 15 is 0 Å². The lowest BCUT2D eigenvalue weighted by molar-refractivity contribution is 0.405. The number of hydrogen-bond acceptors (Lipinski definition) is 1. The maximum absolute atomic E-state index is 6.24. The minimum absolute atomic E-state index is 0.682. The molecule has 1 aliphatic carbocycles. The van der Waals surface area contributed by atoms with Gasteiger partial charge in [0.1, 0.15) is 0 Å². The van der Waals surface area contributed by atoms with Gasteiger partial charge < -0.3 is 4.90 Å². The van der Waals surface area contributed by atoms with Crippen molar-refractivity contribution in [2.75, 3.05) is 24.4 Å². The van der Waals surface area contributed by atoms with Crippen LogP contribution in [0.1, 0.15) is 49.7 Å². The summed E-state index contributed by atoms with van der Waals surface area (Å²) in [6.07, 6.45) is 11.6. The van der Waals surface area contributed by atoms with Gasteiger partial charge in [-0.1, -0.05) is 37.0 Å². The van der Waals surface area contributed by atoms with E-state index in [4.69, 9.17) is 11.6 Å². The first-order valence-electron chi connectivity index (χ1n) is 8.38. The summed E-state index contributed by atoms with van der Waals surface area (Å²) in [7, 11) is 2.19. The van der Waals surface area contributed by atoms with E-state index in [1.165, 1.54) is 73.9 Å². The van der Waals surface area contributed by atoms with E-state index in [2.05, 4.69) is 36.2 Å². The van der Waals surface area contributed by atoms with Crippen LogP contribution in [0.3, 0.4) is 0 Å². The van der Waals surface area contributed by atoms with Crippen molar-refractivity contribution < 1.29 is 0 Å². The van der Waals surface area contributed by atoms with Crippen LogP contribution < -0.4 is 4.90 Å². The number of allylic oxidation sites excluding steroid dienone is 1. The molecule has 114 valence electrons. The van der Waals surface area contributed by atoms with E-state index in [0.29, 0.717) is 5.88 Å². The Hall–Kier alpha value is -0.950. The zero-order valence-electron chi connectivity index (χ0n) is 13.1. The average Bonchev–Trinajstić information content (AvgIpc) is 2.53. The standard InChI is InChI=1S/C19H26ClN/c1-21-11-5-8-17-12-15(9-10-19(17)21)13-18(14-20)16-6-3-2-4-7-16/h9-10,12-13,16H,2-8,11,14H2,1H3/b18-13-. The Morgan fingerprint density at radius 2 is 2.05 bits per heavy atom. The third kappa shape index (κ3) is 3.45. The number of rotatable bonds is 3. The van der Waals surface area contributed by atoms with Crippen LogP contribution in [0.15, 0.2) is 23.8 Å². The smallest absolute Gasteiger partial charge is 0.0439 e. The van der Waals surface area contributed by atoms with Crippen molar-refractivity contribution >= 4 is 23.4 Å². The van der Waals surface area contributed by atoms with Gasteiger partial charge in [-0.2, -0.15) is 0 Å². The number of halogens is 1. The zero-order chi connectivity index (χ0) is 14.7. The van der Waals surface area contributed by atoms with Gasteiger partial charge in [0, 0.05) is 25.2 Å². The average molecular weight is 304 g/mol. The Balaban J connectivity index is 1.83. The minimum Gasteiger partial charge on any atom is -0.374 e. The highest BCUT2D eigenvalue weighted by Crippen LogP contribution is 2.33. The normalized spacial score (nSPS) is 20.5. The fraction of sp³-hybridized carbons (Fsp3) is 0.579. The molecule has 1 saturated carbocycles. The molecule has 0 bridgehead atoms. The van der Waals surface area contributed by atoms with E-state index in [1.807, 2.05) is 0 Å². The van der Waals surface area contributed by atoms with Gasteiger partial charge in [-0.05, 0) is 54.9 Å². The summed E-state index contributed by atoms with van der Waals surface area (Å²) in [6, 6.07) is 6.92. The molecule has 0 saturated heterocycles. The van der Waals surface area contributed by atoms with Gasteiger partial charge in [-0.3, -0.25) is 0 Å². The first kappa shape index (κ1) is 15.0. The molecule has 0 unspecified atom stereocenters. The van der Waals surface area contributed by atoms with Crippen LogP contribution in [-0.2, 0) is 6.42 Å². The minimum atomic E-state index is 0.682. The summed E-state index contributed by atoms with van der Waals surface area (Å²) in [5, 5.41) is 0. The van der Waals surface area contributed by atoms with Crippen LogP contribution in [-0.4, -0.2) is 19.5 Å². The van der Waals surface area contributed by atoms with Crippen LogP contribution in [0.25, 0.3) is 6.08 Å². The van der Waals surface area contributed by atoms with Crippen molar-refractivity contribution in [3.8, 4) is 0 Å². The van der Waals surface area contributed by atoms with Crippen molar-refractivity contribution in [2.24, 2.45) is 5.92 Å². The topological polar surface area (TPSA) is 3.24 Å². The second-order valence-corrected chi connectivity index (χ2v) is 6.87. The number of benzene rings is 1. The molecule has 0 aromatic heterocycles. The molecule has 3 rings (SSSR count). The number of fused-ring (bicyclic) bond motifs is 1. The molecule has 1 aromatic rings. The molecule has 1 heterocycles. The number of aryl methyl sites for hydroxylation is 1. The van der Waals surface area contributed by atoms with E-state index < -0.39 is 0 Å². The largest absolute Gasteiger partial charge is 0.374 e. The quantitative estimate of drug-likeness (QED) is 0.687. The molecule has 1 nitrogen and oxygen atoms in total. The predicted octanol–water partition coefficient (Wildman–Crippen LogP) is 5.27. The molecule has 1 aromatic carbocycles. The third-order valence-electron chi connectivity index (χ3n) is 5.09. The van der Waals surface area contributed by atoms with E-state index in [1.54, 1.807) is 0 Å². The fourth-order valence-corrected chi connectivity index (χ4v) is 4.14. The lowest BCUT2D eigenvalue weighted by Crippen LogP contribution is -2.24. The fourth-order valence-electron chi connectivity index (χ4n) is 3.85. The van der Waals surface area contributed by atoms with Crippen molar-refractivity contribution in [3.05, 3.63) is 34.9 Å². The van der Waals surface area contributed by atoms with Gasteiger partial charge >= 0.3 is 0 Å². The molecule has 21 heavy (non-hydrogen) atoms. The molecule has 0 radical (unpaired) electrons. The highest BCUT2D eigenvalue weighted by molar-refractivity contribution is 6.19. The van der Waals surface area contributed by atoms with Crippen molar-refractivity contribution in [2.45, 2.75) is 44.9 Å². The van der Waals surface area contributed by atoms with Crippen molar-refractivity contribution in [3.63, 3.8) is 0 Å². The first-order valence-corrected chi connectivity index (χ1v) is 8.92. The molecular formula is C19H26ClN. The van der Waals surface area contributed by atoms with E-state index in [-0.39, 0.29) is 0 Å². The molecule has 0 N–H and O–H groups in total. The second kappa shape index (κ2) is 6.87. The SMILES string of the molecule is CN1CCCc2cc(/C=C(/CCl)C3CCCCC3)ccc21. The Bertz CT molecular complexity index is 514. The van der Waals surface area contributed by atoms with E-state index in [9.17, 15) is 0 Å². The molecule has 1 aliphatic heterocycles. The third-order valence-corrected chi connectivity index (χ3v) is 5.40. The van der Waals surface area contributed by atoms with Crippen LogP contribution in [0.2, 0.25) is 0 Å². The Labute approximate surface area is 134 Å². The van der Waals surface area contributed by atoms with Crippen molar-refractivity contribution in [1.82, 2.24) is 0 Å². The molecule has 2 aliphatic rings. The predicted molar refractivity (Wildman–Crippen MR) is 93.3 cm³/mol. The second-order valence-electron chi connectivity index (χ2n) is 6.60. The van der Waals surface area contributed by atoms with E-state index in [0.717, 1.165) is 5.92 Å². The molecule has 0 atom stereocenters. The Morgan fingerprint density at radius 3 is 2.81 bits per heavy atom. The summed E-state index contributed by atoms with van der Waals surface area (Å²) in [6.45, 7) is 1.18. The van der Waals surface area contributed by atoms with Gasteiger partial charge in [-0.25, -0.2) is 0 Å². The first-order chi connectivity index (χ1) is 10.3. The highest BCUT2D eigenvalue weighted by Gasteiger charge is 2.18.